The van der Waals surface area contributed by atoms with E-state index in [1.54, 1.807) is 6.07 Å². The first-order valence-corrected chi connectivity index (χ1v) is 11.7. The van der Waals surface area contributed by atoms with Crippen LogP contribution in [0, 0.1) is 0 Å². The van der Waals surface area contributed by atoms with Crippen LogP contribution in [0.2, 0.25) is 5.02 Å². The Hall–Kier alpha value is -3.13. The lowest BCUT2D eigenvalue weighted by Gasteiger charge is -2.32. The van der Waals surface area contributed by atoms with Crippen LogP contribution in [-0.4, -0.2) is 54.8 Å². The van der Waals surface area contributed by atoms with Gasteiger partial charge in [0.05, 0.1) is 11.6 Å². The SMILES string of the molecule is CC(=O)Nc1cc(CNCc2ccc(-c3ccccc3Cl)o2)cc(C(=O)N2CCN(C)CC2)c1. The van der Waals surface area contributed by atoms with Crippen molar-refractivity contribution in [2.24, 2.45) is 0 Å². The van der Waals surface area contributed by atoms with E-state index in [-0.39, 0.29) is 11.8 Å². The Morgan fingerprint density at radius 2 is 1.76 bits per heavy atom. The molecule has 0 radical (unpaired) electrons. The second-order valence-electron chi connectivity index (χ2n) is 8.54. The summed E-state index contributed by atoms with van der Waals surface area (Å²) in [5, 5.41) is 6.81. The third kappa shape index (κ3) is 6.05. The molecule has 0 saturated carbocycles. The second-order valence-corrected chi connectivity index (χ2v) is 8.95. The number of likely N-dealkylation sites (N-methyl/N-ethyl adjacent to an activating group) is 1. The molecular formula is C26H29ClN4O3. The lowest BCUT2D eigenvalue weighted by atomic mass is 10.1. The number of nitrogens with one attached hydrogen (secondary N) is 2. The van der Waals surface area contributed by atoms with Gasteiger partial charge in [-0.3, -0.25) is 9.59 Å². The smallest absolute Gasteiger partial charge is 0.254 e. The van der Waals surface area contributed by atoms with Crippen LogP contribution in [0.1, 0.15) is 28.6 Å². The highest BCUT2D eigenvalue weighted by Crippen LogP contribution is 2.29. The van der Waals surface area contributed by atoms with Gasteiger partial charge in [0.1, 0.15) is 11.5 Å². The number of amides is 2. The molecule has 178 valence electrons. The minimum atomic E-state index is -0.175. The molecule has 2 amide bonds. The molecule has 34 heavy (non-hydrogen) atoms. The van der Waals surface area contributed by atoms with Crippen LogP contribution < -0.4 is 10.6 Å². The molecule has 1 aromatic heterocycles. The third-order valence-electron chi connectivity index (χ3n) is 5.78. The van der Waals surface area contributed by atoms with E-state index in [0.717, 1.165) is 35.7 Å². The second kappa shape index (κ2) is 10.9. The van der Waals surface area contributed by atoms with E-state index in [2.05, 4.69) is 22.6 Å². The predicted octanol–water partition coefficient (Wildman–Crippen LogP) is 4.24. The average molecular weight is 481 g/mol. The summed E-state index contributed by atoms with van der Waals surface area (Å²) in [5.41, 5.74) is 2.95. The van der Waals surface area contributed by atoms with Gasteiger partial charge >= 0.3 is 0 Å². The molecule has 1 fully saturated rings. The van der Waals surface area contributed by atoms with E-state index in [1.807, 2.05) is 53.4 Å². The maximum absolute atomic E-state index is 13.1. The summed E-state index contributed by atoms with van der Waals surface area (Å²) in [6.07, 6.45) is 0. The summed E-state index contributed by atoms with van der Waals surface area (Å²) in [7, 11) is 2.05. The standard InChI is InChI=1S/C26H29ClN4O3/c1-18(32)29-21-14-19(13-20(15-21)26(33)31-11-9-30(2)10-12-31)16-28-17-22-7-8-25(34-22)23-5-3-4-6-24(23)27/h3-8,13-15,28H,9-12,16-17H2,1-2H3,(H,29,32). The highest BCUT2D eigenvalue weighted by molar-refractivity contribution is 6.33. The third-order valence-corrected chi connectivity index (χ3v) is 6.11. The van der Waals surface area contributed by atoms with Crippen molar-refractivity contribution in [3.63, 3.8) is 0 Å². The first-order valence-electron chi connectivity index (χ1n) is 11.3. The number of hydrogen-bond donors (Lipinski definition) is 2. The van der Waals surface area contributed by atoms with E-state index < -0.39 is 0 Å². The summed E-state index contributed by atoms with van der Waals surface area (Å²) >= 11 is 6.27. The maximum Gasteiger partial charge on any atom is 0.254 e. The fourth-order valence-corrected chi connectivity index (χ4v) is 4.22. The Kier molecular flexibility index (Phi) is 7.67. The minimum absolute atomic E-state index is 0.0167. The van der Waals surface area contributed by atoms with Crippen molar-refractivity contribution in [1.29, 1.82) is 0 Å². The van der Waals surface area contributed by atoms with Gasteiger partial charge < -0.3 is 24.9 Å². The lowest BCUT2D eigenvalue weighted by molar-refractivity contribution is -0.114. The molecule has 7 nitrogen and oxygen atoms in total. The topological polar surface area (TPSA) is 77.8 Å². The molecule has 3 aromatic rings. The van der Waals surface area contributed by atoms with Gasteiger partial charge in [-0.25, -0.2) is 0 Å². The molecule has 2 N–H and O–H groups in total. The van der Waals surface area contributed by atoms with Crippen molar-refractivity contribution in [1.82, 2.24) is 15.1 Å². The minimum Gasteiger partial charge on any atom is -0.460 e. The molecule has 0 aliphatic carbocycles. The first-order chi connectivity index (χ1) is 16.4. The fourth-order valence-electron chi connectivity index (χ4n) is 3.99. The van der Waals surface area contributed by atoms with Crippen molar-refractivity contribution in [3.05, 3.63) is 76.5 Å². The van der Waals surface area contributed by atoms with Crippen LogP contribution in [0.3, 0.4) is 0 Å². The van der Waals surface area contributed by atoms with Crippen molar-refractivity contribution < 1.29 is 14.0 Å². The van der Waals surface area contributed by atoms with Gasteiger partial charge in [-0.1, -0.05) is 23.7 Å². The number of rotatable bonds is 7. The van der Waals surface area contributed by atoms with Crippen molar-refractivity contribution in [2.75, 3.05) is 38.5 Å². The van der Waals surface area contributed by atoms with Crippen LogP contribution in [0.5, 0.6) is 0 Å². The van der Waals surface area contributed by atoms with Gasteiger partial charge in [-0.2, -0.15) is 0 Å². The van der Waals surface area contributed by atoms with E-state index in [0.29, 0.717) is 42.5 Å². The molecule has 2 heterocycles. The summed E-state index contributed by atoms with van der Waals surface area (Å²) in [6, 6.07) is 16.9. The Morgan fingerprint density at radius 3 is 2.50 bits per heavy atom. The quantitative estimate of drug-likeness (QED) is 0.529. The van der Waals surface area contributed by atoms with Crippen LogP contribution >= 0.6 is 11.6 Å². The first kappa shape index (κ1) is 24.0. The molecule has 8 heteroatoms. The summed E-state index contributed by atoms with van der Waals surface area (Å²) < 4.78 is 5.95. The molecule has 4 rings (SSSR count). The number of piperazine rings is 1. The van der Waals surface area contributed by atoms with Crippen molar-refractivity contribution >= 4 is 29.1 Å². The number of carbonyl (C=O) groups excluding carboxylic acids is 2. The van der Waals surface area contributed by atoms with Gasteiger partial charge in [-0.05, 0) is 55.1 Å². The van der Waals surface area contributed by atoms with Gasteiger partial charge in [0.15, 0.2) is 0 Å². The van der Waals surface area contributed by atoms with E-state index >= 15 is 0 Å². The summed E-state index contributed by atoms with van der Waals surface area (Å²) in [5.74, 6) is 1.31. The number of carbonyl (C=O) groups is 2. The molecule has 0 spiro atoms. The summed E-state index contributed by atoms with van der Waals surface area (Å²) in [6.45, 7) is 5.57. The largest absolute Gasteiger partial charge is 0.460 e. The number of hydrogen-bond acceptors (Lipinski definition) is 5. The Bertz CT molecular complexity index is 1170. The monoisotopic (exact) mass is 480 g/mol. The number of anilines is 1. The lowest BCUT2D eigenvalue weighted by Crippen LogP contribution is -2.47. The van der Waals surface area contributed by atoms with Crippen LogP contribution in [0.4, 0.5) is 5.69 Å². The van der Waals surface area contributed by atoms with Crippen LogP contribution in [0.25, 0.3) is 11.3 Å². The Labute approximate surface area is 204 Å². The molecule has 0 unspecified atom stereocenters. The molecule has 0 bridgehead atoms. The van der Waals surface area contributed by atoms with Gasteiger partial charge in [0.25, 0.3) is 5.91 Å². The Morgan fingerprint density at radius 1 is 1.00 bits per heavy atom. The van der Waals surface area contributed by atoms with Crippen LogP contribution in [-0.2, 0) is 17.9 Å². The normalized spacial score (nSPS) is 14.3. The van der Waals surface area contributed by atoms with E-state index in [1.165, 1.54) is 6.92 Å². The number of nitrogens with zero attached hydrogens (tertiary/aromatic N) is 2. The number of benzene rings is 2. The summed E-state index contributed by atoms with van der Waals surface area (Å²) in [4.78, 5) is 28.8. The molecule has 0 atom stereocenters. The number of halogens is 1. The fraction of sp³-hybridized carbons (Fsp3) is 0.308. The molecule has 2 aromatic carbocycles. The predicted molar refractivity (Wildman–Crippen MR) is 134 cm³/mol. The van der Waals surface area contributed by atoms with Gasteiger partial charge in [0, 0.05) is 56.5 Å². The Balaban J connectivity index is 1.44. The van der Waals surface area contributed by atoms with E-state index in [9.17, 15) is 9.59 Å². The van der Waals surface area contributed by atoms with E-state index in [4.69, 9.17) is 16.0 Å². The van der Waals surface area contributed by atoms with Gasteiger partial charge in [0.2, 0.25) is 5.91 Å². The zero-order valence-corrected chi connectivity index (χ0v) is 20.2. The zero-order chi connectivity index (χ0) is 24.1. The number of furan rings is 1. The van der Waals surface area contributed by atoms with Crippen LogP contribution in [0.15, 0.2) is 59.0 Å². The van der Waals surface area contributed by atoms with Gasteiger partial charge in [-0.15, -0.1) is 0 Å². The highest BCUT2D eigenvalue weighted by atomic mass is 35.5. The zero-order valence-electron chi connectivity index (χ0n) is 19.4. The highest BCUT2D eigenvalue weighted by Gasteiger charge is 2.21. The molecular weight excluding hydrogens is 452 g/mol. The van der Waals surface area contributed by atoms with Crippen molar-refractivity contribution in [2.45, 2.75) is 20.0 Å². The average Bonchev–Trinajstić information content (AvgIpc) is 3.27. The molecule has 1 aliphatic heterocycles. The molecule has 1 saturated heterocycles. The maximum atomic E-state index is 13.1. The van der Waals surface area contributed by atoms with Crippen molar-refractivity contribution in [3.8, 4) is 11.3 Å². The molecule has 1 aliphatic rings.